The van der Waals surface area contributed by atoms with Crippen molar-refractivity contribution in [1.29, 1.82) is 0 Å². The number of hydrogen-bond donors (Lipinski definition) is 1. The zero-order valence-electron chi connectivity index (χ0n) is 11.8. The van der Waals surface area contributed by atoms with E-state index in [-0.39, 0.29) is 11.4 Å². The van der Waals surface area contributed by atoms with Gasteiger partial charge in [0.05, 0.1) is 19.3 Å². The van der Waals surface area contributed by atoms with Gasteiger partial charge in [-0.3, -0.25) is 0 Å². The van der Waals surface area contributed by atoms with Gasteiger partial charge < -0.3 is 10.1 Å². The summed E-state index contributed by atoms with van der Waals surface area (Å²) >= 11 is 0. The minimum absolute atomic E-state index is 0.0559. The number of carbonyl (C=O) groups excluding carboxylic acids is 1. The number of nitrogens with zero attached hydrogens (tertiary/aromatic N) is 1. The topological polar surface area (TPSA) is 75.7 Å². The molecule has 1 heterocycles. The second kappa shape index (κ2) is 5.34. The van der Waals surface area contributed by atoms with Crippen molar-refractivity contribution in [3.63, 3.8) is 0 Å². The van der Waals surface area contributed by atoms with Crippen molar-refractivity contribution in [2.75, 3.05) is 12.4 Å². The lowest BCUT2D eigenvalue weighted by molar-refractivity contribution is 0.233. The first-order valence-electron chi connectivity index (χ1n) is 6.58. The van der Waals surface area contributed by atoms with E-state index in [1.165, 1.54) is 13.2 Å². The van der Waals surface area contributed by atoms with Gasteiger partial charge in [0.2, 0.25) is 0 Å². The molecule has 2 aromatic rings. The van der Waals surface area contributed by atoms with Crippen molar-refractivity contribution in [3.05, 3.63) is 54.1 Å². The van der Waals surface area contributed by atoms with E-state index in [4.69, 9.17) is 4.74 Å². The highest BCUT2D eigenvalue weighted by Crippen LogP contribution is 2.31. The molecule has 2 amide bonds. The van der Waals surface area contributed by atoms with Gasteiger partial charge in [-0.25, -0.2) is 17.5 Å². The first kappa shape index (κ1) is 14.4. The molecule has 0 spiro atoms. The molecule has 7 heteroatoms. The Bertz CT molecular complexity index is 833. The molecule has 0 saturated heterocycles. The number of ether oxygens (including phenoxy) is 1. The van der Waals surface area contributed by atoms with Crippen LogP contribution in [0.15, 0.2) is 53.4 Å². The van der Waals surface area contributed by atoms with Crippen LogP contribution in [0.25, 0.3) is 0 Å². The molecule has 0 aliphatic carbocycles. The summed E-state index contributed by atoms with van der Waals surface area (Å²) in [6.45, 7) is -0.0559. The Hall–Kier alpha value is -2.54. The van der Waals surface area contributed by atoms with E-state index in [1.807, 2.05) is 0 Å². The van der Waals surface area contributed by atoms with Gasteiger partial charge >= 0.3 is 6.03 Å². The normalized spacial score (nSPS) is 15.9. The van der Waals surface area contributed by atoms with E-state index < -0.39 is 16.1 Å². The maximum atomic E-state index is 12.6. The molecule has 2 aromatic carbocycles. The molecule has 0 unspecified atom stereocenters. The van der Waals surface area contributed by atoms with Gasteiger partial charge in [0.1, 0.15) is 10.6 Å². The van der Waals surface area contributed by atoms with Gasteiger partial charge in [-0.15, -0.1) is 0 Å². The van der Waals surface area contributed by atoms with Crippen LogP contribution in [0.4, 0.5) is 10.5 Å². The number of benzene rings is 2. The Kier molecular flexibility index (Phi) is 3.50. The number of amides is 2. The zero-order chi connectivity index (χ0) is 15.7. The number of hydrogen-bond acceptors (Lipinski definition) is 4. The third-order valence-corrected chi connectivity index (χ3v) is 5.17. The molecule has 114 valence electrons. The van der Waals surface area contributed by atoms with Crippen LogP contribution in [-0.4, -0.2) is 25.9 Å². The molecular weight excluding hydrogens is 304 g/mol. The van der Waals surface area contributed by atoms with Crippen molar-refractivity contribution in [2.24, 2.45) is 0 Å². The van der Waals surface area contributed by atoms with Gasteiger partial charge in [-0.05, 0) is 29.8 Å². The Morgan fingerprint density at radius 1 is 1.14 bits per heavy atom. The summed E-state index contributed by atoms with van der Waals surface area (Å²) in [6, 6.07) is 12.6. The molecule has 6 nitrogen and oxygen atoms in total. The molecule has 0 radical (unpaired) electrons. The quantitative estimate of drug-likeness (QED) is 0.943. The zero-order valence-corrected chi connectivity index (χ0v) is 12.6. The van der Waals surface area contributed by atoms with Crippen LogP contribution in [-0.2, 0) is 16.6 Å². The second-order valence-electron chi connectivity index (χ2n) is 4.79. The average molecular weight is 318 g/mol. The molecule has 1 N–H and O–H groups in total. The summed E-state index contributed by atoms with van der Waals surface area (Å²) in [7, 11) is -2.34. The summed E-state index contributed by atoms with van der Waals surface area (Å²) in [6.07, 6.45) is 0. The van der Waals surface area contributed by atoms with Crippen LogP contribution < -0.4 is 10.1 Å². The number of rotatable bonds is 3. The first-order valence-corrected chi connectivity index (χ1v) is 8.02. The van der Waals surface area contributed by atoms with E-state index in [2.05, 4.69) is 5.32 Å². The largest absolute Gasteiger partial charge is 0.497 e. The average Bonchev–Trinajstić information content (AvgIpc) is 2.52. The second-order valence-corrected chi connectivity index (χ2v) is 6.62. The number of fused-ring (bicyclic) bond motifs is 1. The number of methoxy groups -OCH3 is 1. The van der Waals surface area contributed by atoms with E-state index in [1.54, 1.807) is 42.5 Å². The van der Waals surface area contributed by atoms with Crippen molar-refractivity contribution >= 4 is 21.7 Å². The summed E-state index contributed by atoms with van der Waals surface area (Å²) in [5.74, 6) is 0.604. The molecule has 0 saturated carbocycles. The Labute approximate surface area is 128 Å². The van der Waals surface area contributed by atoms with Crippen molar-refractivity contribution in [2.45, 2.75) is 11.4 Å². The predicted octanol–water partition coefficient (Wildman–Crippen LogP) is 2.43. The summed E-state index contributed by atoms with van der Waals surface area (Å²) in [4.78, 5) is 12.2. The minimum Gasteiger partial charge on any atom is -0.497 e. The summed E-state index contributed by atoms with van der Waals surface area (Å²) < 4.78 is 31.1. The summed E-state index contributed by atoms with van der Waals surface area (Å²) in [5, 5.41) is 2.59. The van der Waals surface area contributed by atoms with Crippen LogP contribution >= 0.6 is 0 Å². The first-order chi connectivity index (χ1) is 10.5. The van der Waals surface area contributed by atoms with Crippen molar-refractivity contribution < 1.29 is 17.9 Å². The number of carbonyl (C=O) groups is 1. The lowest BCUT2D eigenvalue weighted by atomic mass is 10.2. The highest BCUT2D eigenvalue weighted by molar-refractivity contribution is 7.90. The molecular formula is C15H14N2O4S. The third-order valence-electron chi connectivity index (χ3n) is 3.38. The smallest absolute Gasteiger partial charge is 0.336 e. The van der Waals surface area contributed by atoms with Crippen LogP contribution in [0.5, 0.6) is 5.75 Å². The van der Waals surface area contributed by atoms with Crippen molar-refractivity contribution in [1.82, 2.24) is 4.31 Å². The van der Waals surface area contributed by atoms with E-state index in [0.717, 1.165) is 4.31 Å². The van der Waals surface area contributed by atoms with Crippen LogP contribution in [0.2, 0.25) is 0 Å². The number of sulfonamides is 1. The van der Waals surface area contributed by atoms with Crippen LogP contribution in [0, 0.1) is 0 Å². The van der Waals surface area contributed by atoms with Gasteiger partial charge in [-0.1, -0.05) is 24.3 Å². The lowest BCUT2D eigenvalue weighted by Gasteiger charge is -2.28. The predicted molar refractivity (Wildman–Crippen MR) is 81.2 cm³/mol. The maximum absolute atomic E-state index is 12.6. The summed E-state index contributed by atoms with van der Waals surface area (Å²) in [5.41, 5.74) is 0.965. The molecule has 0 bridgehead atoms. The fourth-order valence-corrected chi connectivity index (χ4v) is 3.76. The highest BCUT2D eigenvalue weighted by atomic mass is 32.2. The fraction of sp³-hybridized carbons (Fsp3) is 0.133. The standard InChI is InChI=1S/C15H14N2O4S/c1-21-12-6-4-5-11(9-12)10-17-15(18)16-13-7-2-3-8-14(13)22(17,19)20/h2-9H,10H2,1H3,(H,16,18). The lowest BCUT2D eigenvalue weighted by Crippen LogP contribution is -2.43. The van der Waals surface area contributed by atoms with Gasteiger partial charge in [-0.2, -0.15) is 0 Å². The Morgan fingerprint density at radius 3 is 2.68 bits per heavy atom. The van der Waals surface area contributed by atoms with E-state index in [9.17, 15) is 13.2 Å². The molecule has 0 atom stereocenters. The number of urea groups is 1. The number of para-hydroxylation sites is 1. The van der Waals surface area contributed by atoms with Gasteiger partial charge in [0, 0.05) is 0 Å². The van der Waals surface area contributed by atoms with Crippen molar-refractivity contribution in [3.8, 4) is 5.75 Å². The SMILES string of the molecule is COc1cccc(CN2C(=O)Nc3ccccc3S2(=O)=O)c1. The Balaban J connectivity index is 1.99. The van der Waals surface area contributed by atoms with Crippen LogP contribution in [0.1, 0.15) is 5.56 Å². The molecule has 1 aliphatic rings. The van der Waals surface area contributed by atoms with E-state index in [0.29, 0.717) is 17.0 Å². The Morgan fingerprint density at radius 2 is 1.91 bits per heavy atom. The molecule has 22 heavy (non-hydrogen) atoms. The monoisotopic (exact) mass is 318 g/mol. The van der Waals surface area contributed by atoms with E-state index >= 15 is 0 Å². The number of nitrogens with one attached hydrogen (secondary N) is 1. The minimum atomic E-state index is -3.87. The third kappa shape index (κ3) is 2.39. The van der Waals surface area contributed by atoms with Gasteiger partial charge in [0.25, 0.3) is 10.0 Å². The molecule has 0 aromatic heterocycles. The molecule has 1 aliphatic heterocycles. The fourth-order valence-electron chi connectivity index (χ4n) is 2.29. The molecule has 0 fully saturated rings. The highest BCUT2D eigenvalue weighted by Gasteiger charge is 2.36. The molecule has 3 rings (SSSR count). The maximum Gasteiger partial charge on any atom is 0.336 e. The van der Waals surface area contributed by atoms with Gasteiger partial charge in [0.15, 0.2) is 0 Å². The van der Waals surface area contributed by atoms with Crippen LogP contribution in [0.3, 0.4) is 0 Å². The number of anilines is 1.